The van der Waals surface area contributed by atoms with Gasteiger partial charge in [0, 0.05) is 31.7 Å². The van der Waals surface area contributed by atoms with Crippen LogP contribution in [0.1, 0.15) is 17.0 Å². The van der Waals surface area contributed by atoms with Crippen LogP contribution < -0.4 is 5.32 Å². The predicted octanol–water partition coefficient (Wildman–Crippen LogP) is 3.46. The van der Waals surface area contributed by atoms with Gasteiger partial charge >= 0.3 is 0 Å². The van der Waals surface area contributed by atoms with Crippen molar-refractivity contribution in [1.82, 2.24) is 15.4 Å². The van der Waals surface area contributed by atoms with Gasteiger partial charge < -0.3 is 14.7 Å². The first-order chi connectivity index (χ1) is 10.1. The van der Waals surface area contributed by atoms with E-state index in [1.54, 1.807) is 7.05 Å². The van der Waals surface area contributed by atoms with Gasteiger partial charge in [0.1, 0.15) is 0 Å². The van der Waals surface area contributed by atoms with E-state index in [-0.39, 0.29) is 24.0 Å². The Kier molecular flexibility index (Phi) is 7.67. The van der Waals surface area contributed by atoms with Crippen LogP contribution in [0, 0.1) is 6.92 Å². The number of hydrogen-bond donors (Lipinski definition) is 1. The third kappa shape index (κ3) is 5.49. The summed E-state index contributed by atoms with van der Waals surface area (Å²) in [6.45, 7) is 3.16. The van der Waals surface area contributed by atoms with Crippen molar-refractivity contribution >= 4 is 41.5 Å². The quantitative estimate of drug-likeness (QED) is 0.455. The van der Waals surface area contributed by atoms with Gasteiger partial charge in [-0.25, -0.2) is 0 Å². The summed E-state index contributed by atoms with van der Waals surface area (Å²) < 4.78 is 5.17. The fourth-order valence-electron chi connectivity index (χ4n) is 2.03. The van der Waals surface area contributed by atoms with E-state index in [0.29, 0.717) is 6.54 Å². The van der Waals surface area contributed by atoms with Crippen LogP contribution in [-0.4, -0.2) is 30.1 Å². The van der Waals surface area contributed by atoms with Crippen molar-refractivity contribution in [3.05, 3.63) is 52.4 Å². The SMILES string of the molecule is CN=C(NCc1cc(C)no1)N(C)Cc1cccc(Cl)c1.I. The molecule has 0 saturated carbocycles. The van der Waals surface area contributed by atoms with Crippen molar-refractivity contribution in [3.63, 3.8) is 0 Å². The summed E-state index contributed by atoms with van der Waals surface area (Å²) in [7, 11) is 3.73. The zero-order valence-electron chi connectivity index (χ0n) is 12.8. The third-order valence-electron chi connectivity index (χ3n) is 2.98. The van der Waals surface area contributed by atoms with Gasteiger partial charge in [0.05, 0.1) is 12.2 Å². The van der Waals surface area contributed by atoms with Crippen molar-refractivity contribution in [2.24, 2.45) is 4.99 Å². The van der Waals surface area contributed by atoms with Crippen LogP contribution in [0.4, 0.5) is 0 Å². The molecule has 2 rings (SSSR count). The Bertz CT molecular complexity index is 630. The molecule has 2 aromatic rings. The summed E-state index contributed by atoms with van der Waals surface area (Å²) in [4.78, 5) is 6.29. The fraction of sp³-hybridized carbons (Fsp3) is 0.333. The summed E-state index contributed by atoms with van der Waals surface area (Å²) in [6.07, 6.45) is 0. The van der Waals surface area contributed by atoms with Crippen molar-refractivity contribution in [2.45, 2.75) is 20.0 Å². The van der Waals surface area contributed by atoms with Gasteiger partial charge in [-0.3, -0.25) is 4.99 Å². The molecular weight excluding hydrogens is 415 g/mol. The van der Waals surface area contributed by atoms with Gasteiger partial charge in [-0.05, 0) is 24.6 Å². The minimum Gasteiger partial charge on any atom is -0.359 e. The third-order valence-corrected chi connectivity index (χ3v) is 3.21. The topological polar surface area (TPSA) is 53.7 Å². The van der Waals surface area contributed by atoms with Gasteiger partial charge in [0.15, 0.2) is 11.7 Å². The number of aromatic nitrogens is 1. The molecule has 0 aliphatic rings. The lowest BCUT2D eigenvalue weighted by molar-refractivity contribution is 0.373. The van der Waals surface area contributed by atoms with Crippen LogP contribution in [-0.2, 0) is 13.1 Å². The first-order valence-electron chi connectivity index (χ1n) is 6.67. The lowest BCUT2D eigenvalue weighted by Crippen LogP contribution is -2.37. The van der Waals surface area contributed by atoms with Crippen LogP contribution >= 0.6 is 35.6 Å². The molecule has 22 heavy (non-hydrogen) atoms. The van der Waals surface area contributed by atoms with Crippen molar-refractivity contribution in [3.8, 4) is 0 Å². The zero-order valence-corrected chi connectivity index (χ0v) is 15.9. The van der Waals surface area contributed by atoms with E-state index < -0.39 is 0 Å². The Labute approximate surface area is 152 Å². The minimum absolute atomic E-state index is 0. The number of nitrogens with one attached hydrogen (secondary N) is 1. The Hall–Kier alpha value is -1.28. The van der Waals surface area contributed by atoms with Crippen LogP contribution in [0.15, 0.2) is 39.8 Å². The van der Waals surface area contributed by atoms with Gasteiger partial charge in [-0.1, -0.05) is 28.9 Å². The standard InChI is InChI=1S/C15H19ClN4O.HI/c1-11-7-14(21-19-11)9-18-15(17-2)20(3)10-12-5-4-6-13(16)8-12;/h4-8H,9-10H2,1-3H3,(H,17,18);1H. The molecule has 0 aliphatic heterocycles. The van der Waals surface area contributed by atoms with E-state index in [1.165, 1.54) is 0 Å². The summed E-state index contributed by atoms with van der Waals surface area (Å²) in [5, 5.41) is 7.84. The second-order valence-electron chi connectivity index (χ2n) is 4.82. The number of hydrogen-bond acceptors (Lipinski definition) is 3. The van der Waals surface area contributed by atoms with E-state index in [2.05, 4.69) is 15.5 Å². The number of rotatable bonds is 4. The van der Waals surface area contributed by atoms with E-state index in [4.69, 9.17) is 16.1 Å². The Morgan fingerprint density at radius 3 is 2.77 bits per heavy atom. The molecule has 0 atom stereocenters. The highest BCUT2D eigenvalue weighted by molar-refractivity contribution is 14.0. The summed E-state index contributed by atoms with van der Waals surface area (Å²) in [5.41, 5.74) is 2.00. The van der Waals surface area contributed by atoms with Crippen molar-refractivity contribution in [1.29, 1.82) is 0 Å². The summed E-state index contributed by atoms with van der Waals surface area (Å²) in [5.74, 6) is 1.56. The number of aliphatic imine (C=N–C) groups is 1. The van der Waals surface area contributed by atoms with Crippen LogP contribution in [0.3, 0.4) is 0 Å². The molecule has 0 radical (unpaired) electrons. The monoisotopic (exact) mass is 434 g/mol. The number of benzene rings is 1. The predicted molar refractivity (Wildman–Crippen MR) is 99.8 cm³/mol. The molecule has 7 heteroatoms. The fourth-order valence-corrected chi connectivity index (χ4v) is 2.25. The molecule has 0 unspecified atom stereocenters. The summed E-state index contributed by atoms with van der Waals surface area (Å²) >= 11 is 6.00. The van der Waals surface area contributed by atoms with Crippen LogP contribution in [0.5, 0.6) is 0 Å². The maximum Gasteiger partial charge on any atom is 0.194 e. The van der Waals surface area contributed by atoms with Gasteiger partial charge in [-0.15, -0.1) is 24.0 Å². The normalized spacial score (nSPS) is 11.0. The van der Waals surface area contributed by atoms with Gasteiger partial charge in [-0.2, -0.15) is 0 Å². The van der Waals surface area contributed by atoms with E-state index in [0.717, 1.165) is 34.5 Å². The lowest BCUT2D eigenvalue weighted by atomic mass is 10.2. The minimum atomic E-state index is 0. The molecule has 120 valence electrons. The average Bonchev–Trinajstić information content (AvgIpc) is 2.85. The van der Waals surface area contributed by atoms with Crippen LogP contribution in [0.2, 0.25) is 5.02 Å². The molecule has 0 fully saturated rings. The van der Waals surface area contributed by atoms with E-state index in [1.807, 2.05) is 49.2 Å². The number of guanidine groups is 1. The molecule has 0 saturated heterocycles. The smallest absolute Gasteiger partial charge is 0.194 e. The Morgan fingerprint density at radius 2 is 2.18 bits per heavy atom. The average molecular weight is 435 g/mol. The van der Waals surface area contributed by atoms with Gasteiger partial charge in [0.25, 0.3) is 0 Å². The maximum atomic E-state index is 6.00. The Balaban J connectivity index is 0.00000242. The molecule has 0 amide bonds. The van der Waals surface area contributed by atoms with Crippen LogP contribution in [0.25, 0.3) is 0 Å². The first kappa shape index (κ1) is 18.8. The van der Waals surface area contributed by atoms with Gasteiger partial charge in [0.2, 0.25) is 0 Å². The number of aryl methyl sites for hydroxylation is 1. The Morgan fingerprint density at radius 1 is 1.41 bits per heavy atom. The first-order valence-corrected chi connectivity index (χ1v) is 7.04. The second-order valence-corrected chi connectivity index (χ2v) is 5.26. The molecule has 0 aliphatic carbocycles. The number of halogens is 2. The zero-order chi connectivity index (χ0) is 15.2. The highest BCUT2D eigenvalue weighted by Crippen LogP contribution is 2.12. The molecule has 1 aromatic heterocycles. The molecule has 1 heterocycles. The highest BCUT2D eigenvalue weighted by Gasteiger charge is 2.08. The maximum absolute atomic E-state index is 6.00. The number of nitrogens with zero attached hydrogens (tertiary/aromatic N) is 3. The lowest BCUT2D eigenvalue weighted by Gasteiger charge is -2.21. The van der Waals surface area contributed by atoms with E-state index in [9.17, 15) is 0 Å². The largest absolute Gasteiger partial charge is 0.359 e. The van der Waals surface area contributed by atoms with Crippen molar-refractivity contribution < 1.29 is 4.52 Å². The summed E-state index contributed by atoms with van der Waals surface area (Å²) in [6, 6.07) is 9.70. The molecule has 0 spiro atoms. The highest BCUT2D eigenvalue weighted by atomic mass is 127. The van der Waals surface area contributed by atoms with E-state index >= 15 is 0 Å². The molecule has 5 nitrogen and oxygen atoms in total. The molecular formula is C15H20ClIN4O. The van der Waals surface area contributed by atoms with Crippen molar-refractivity contribution in [2.75, 3.05) is 14.1 Å². The molecule has 0 bridgehead atoms. The second kappa shape index (κ2) is 8.99. The molecule has 1 N–H and O–H groups in total. The molecule has 1 aromatic carbocycles.